The molecule has 0 radical (unpaired) electrons. The molecule has 10 heteroatoms. The van der Waals surface area contributed by atoms with E-state index in [9.17, 15) is 18.0 Å². The number of hydrogen-bond donors (Lipinski definition) is 3. The van der Waals surface area contributed by atoms with Crippen LogP contribution >= 0.6 is 12.6 Å². The highest BCUT2D eigenvalue weighted by molar-refractivity contribution is 7.80. The third kappa shape index (κ3) is 5.14. The highest BCUT2D eigenvalue weighted by Crippen LogP contribution is 2.31. The Morgan fingerprint density at radius 1 is 1.00 bits per heavy atom. The van der Waals surface area contributed by atoms with Crippen molar-refractivity contribution in [2.45, 2.75) is 18.0 Å². The molecule has 5 rings (SSSR count). The predicted octanol–water partition coefficient (Wildman–Crippen LogP) is 7.01. The molecule has 3 heterocycles. The first-order valence-corrected chi connectivity index (χ1v) is 11.6. The average Bonchev–Trinajstić information content (AvgIpc) is 3.30. The number of anilines is 3. The van der Waals surface area contributed by atoms with Crippen molar-refractivity contribution >= 4 is 41.4 Å². The maximum atomic E-state index is 13.0. The van der Waals surface area contributed by atoms with Crippen LogP contribution in [0.2, 0.25) is 0 Å². The molecule has 2 aromatic carbocycles. The first-order valence-electron chi connectivity index (χ1n) is 11.2. The Balaban J connectivity index is 1.46. The lowest BCUT2D eigenvalue weighted by molar-refractivity contribution is -0.137. The van der Waals surface area contributed by atoms with Crippen molar-refractivity contribution in [1.82, 2.24) is 14.4 Å². The van der Waals surface area contributed by atoms with E-state index in [2.05, 4.69) is 33.2 Å². The Labute approximate surface area is 215 Å². The molecule has 0 aliphatic heterocycles. The summed E-state index contributed by atoms with van der Waals surface area (Å²) < 4.78 is 41.0. The van der Waals surface area contributed by atoms with Crippen LogP contribution in [0.5, 0.6) is 0 Å². The maximum Gasteiger partial charge on any atom is 0.416 e. The Morgan fingerprint density at radius 3 is 2.54 bits per heavy atom. The van der Waals surface area contributed by atoms with Crippen molar-refractivity contribution in [1.29, 1.82) is 0 Å². The number of nitrogens with zero attached hydrogens (tertiary/aromatic N) is 3. The van der Waals surface area contributed by atoms with Gasteiger partial charge in [0.2, 0.25) is 0 Å². The molecule has 0 atom stereocenters. The first kappa shape index (κ1) is 24.4. The van der Waals surface area contributed by atoms with E-state index in [1.165, 1.54) is 0 Å². The molecule has 0 saturated heterocycles. The lowest BCUT2D eigenvalue weighted by Crippen LogP contribution is -2.14. The van der Waals surface area contributed by atoms with Gasteiger partial charge in [0.1, 0.15) is 5.82 Å². The summed E-state index contributed by atoms with van der Waals surface area (Å²) in [6, 6.07) is 18.1. The SMILES string of the molecule is Cc1ccc(C(=O)Nc2cc(C(F)(F)F)ccn2)cc1-c1cnc2c(Nc3ccc(S)cc3)cccn12. The fraction of sp³-hybridized carbons (Fsp3) is 0.0741. The standard InChI is InChI=1S/C27H20F3N5OS/c1-16-4-5-17(26(36)34-24-14-18(10-11-31-24)27(28,29)30)13-21(16)23-15-32-25-22(3-2-12-35(23)25)33-19-6-8-20(37)9-7-19/h2-15,33,37H,1H3,(H,31,34,36). The van der Waals surface area contributed by atoms with Gasteiger partial charge in [-0.05, 0) is 73.2 Å². The normalized spacial score (nSPS) is 11.5. The quantitative estimate of drug-likeness (QED) is 0.219. The highest BCUT2D eigenvalue weighted by atomic mass is 32.1. The number of alkyl halides is 3. The van der Waals surface area contributed by atoms with Gasteiger partial charge in [0.15, 0.2) is 5.65 Å². The van der Waals surface area contributed by atoms with Gasteiger partial charge in [0.05, 0.1) is 23.1 Å². The maximum absolute atomic E-state index is 13.0. The van der Waals surface area contributed by atoms with Crippen LogP contribution in [-0.2, 0) is 6.18 Å². The third-order valence-corrected chi connectivity index (χ3v) is 6.08. The fourth-order valence-electron chi connectivity index (χ4n) is 3.91. The summed E-state index contributed by atoms with van der Waals surface area (Å²) in [5.74, 6) is -0.754. The lowest BCUT2D eigenvalue weighted by Gasteiger charge is -2.12. The molecule has 0 spiro atoms. The summed E-state index contributed by atoms with van der Waals surface area (Å²) in [4.78, 5) is 22.2. The van der Waals surface area contributed by atoms with Crippen molar-refractivity contribution < 1.29 is 18.0 Å². The Hall–Kier alpha value is -4.31. The van der Waals surface area contributed by atoms with Gasteiger partial charge in [-0.15, -0.1) is 12.6 Å². The average molecular weight is 520 g/mol. The lowest BCUT2D eigenvalue weighted by atomic mass is 10.0. The van der Waals surface area contributed by atoms with Crippen LogP contribution in [0.25, 0.3) is 16.9 Å². The molecule has 0 fully saturated rings. The van der Waals surface area contributed by atoms with Crippen LogP contribution in [0.3, 0.4) is 0 Å². The van der Waals surface area contributed by atoms with Crippen LogP contribution in [0.15, 0.2) is 90.2 Å². The Bertz CT molecular complexity index is 1610. The largest absolute Gasteiger partial charge is 0.416 e. The van der Waals surface area contributed by atoms with E-state index in [4.69, 9.17) is 0 Å². The van der Waals surface area contributed by atoms with Crippen molar-refractivity contribution in [3.05, 3.63) is 102 Å². The van der Waals surface area contributed by atoms with E-state index < -0.39 is 17.6 Å². The minimum Gasteiger partial charge on any atom is -0.352 e. The molecule has 186 valence electrons. The van der Waals surface area contributed by atoms with Gasteiger partial charge in [0, 0.05) is 34.1 Å². The van der Waals surface area contributed by atoms with Gasteiger partial charge in [-0.3, -0.25) is 9.20 Å². The molecular weight excluding hydrogens is 499 g/mol. The zero-order valence-corrected chi connectivity index (χ0v) is 20.3. The van der Waals surface area contributed by atoms with Gasteiger partial charge < -0.3 is 10.6 Å². The molecule has 0 aliphatic rings. The molecule has 2 N–H and O–H groups in total. The van der Waals surface area contributed by atoms with Gasteiger partial charge in [0.25, 0.3) is 5.91 Å². The van der Waals surface area contributed by atoms with Crippen molar-refractivity contribution in [3.8, 4) is 11.3 Å². The molecule has 0 unspecified atom stereocenters. The van der Waals surface area contributed by atoms with E-state index >= 15 is 0 Å². The summed E-state index contributed by atoms with van der Waals surface area (Å²) in [7, 11) is 0. The molecule has 3 aromatic heterocycles. The third-order valence-electron chi connectivity index (χ3n) is 5.79. The molecular formula is C27H20F3N5OS. The number of nitrogens with one attached hydrogen (secondary N) is 2. The zero-order valence-electron chi connectivity index (χ0n) is 19.4. The summed E-state index contributed by atoms with van der Waals surface area (Å²) in [6.45, 7) is 1.91. The summed E-state index contributed by atoms with van der Waals surface area (Å²) in [5.41, 5.74) is 4.17. The highest BCUT2D eigenvalue weighted by Gasteiger charge is 2.31. The van der Waals surface area contributed by atoms with Crippen molar-refractivity contribution in [2.75, 3.05) is 10.6 Å². The number of pyridine rings is 2. The smallest absolute Gasteiger partial charge is 0.352 e. The topological polar surface area (TPSA) is 71.3 Å². The predicted molar refractivity (Wildman–Crippen MR) is 140 cm³/mol. The number of carbonyl (C=O) groups excluding carboxylic acids is 1. The monoisotopic (exact) mass is 519 g/mol. The minimum atomic E-state index is -4.54. The van der Waals surface area contributed by atoms with Gasteiger partial charge >= 0.3 is 6.18 Å². The molecule has 1 amide bonds. The number of hydrogen-bond acceptors (Lipinski definition) is 5. The fourth-order valence-corrected chi connectivity index (χ4v) is 4.06. The van der Waals surface area contributed by atoms with E-state index in [0.29, 0.717) is 5.65 Å². The molecule has 5 aromatic rings. The van der Waals surface area contributed by atoms with Crippen LogP contribution in [0, 0.1) is 6.92 Å². The molecule has 0 saturated carbocycles. The number of rotatable bonds is 5. The van der Waals surface area contributed by atoms with E-state index in [1.54, 1.807) is 24.4 Å². The molecule has 37 heavy (non-hydrogen) atoms. The Kier molecular flexibility index (Phi) is 6.34. The Morgan fingerprint density at radius 2 is 1.78 bits per heavy atom. The van der Waals surface area contributed by atoms with Gasteiger partial charge in [-0.25, -0.2) is 9.97 Å². The number of aryl methyl sites for hydroxylation is 1. The van der Waals surface area contributed by atoms with E-state index in [1.807, 2.05) is 53.9 Å². The van der Waals surface area contributed by atoms with Crippen LogP contribution < -0.4 is 10.6 Å². The molecule has 6 nitrogen and oxygen atoms in total. The molecule has 0 aliphatic carbocycles. The zero-order chi connectivity index (χ0) is 26.2. The number of aromatic nitrogens is 3. The number of halogens is 3. The number of fused-ring (bicyclic) bond motifs is 1. The number of thiol groups is 1. The minimum absolute atomic E-state index is 0.182. The van der Waals surface area contributed by atoms with Crippen molar-refractivity contribution in [3.63, 3.8) is 0 Å². The number of imidazole rings is 1. The number of amides is 1. The van der Waals surface area contributed by atoms with Crippen LogP contribution in [0.1, 0.15) is 21.5 Å². The summed E-state index contributed by atoms with van der Waals surface area (Å²) >= 11 is 4.31. The van der Waals surface area contributed by atoms with E-state index in [0.717, 1.165) is 51.4 Å². The second kappa shape index (κ2) is 9.62. The first-order chi connectivity index (χ1) is 17.7. The summed E-state index contributed by atoms with van der Waals surface area (Å²) in [6.07, 6.45) is 0.0657. The number of benzene rings is 2. The second-order valence-corrected chi connectivity index (χ2v) is 8.86. The number of carbonyl (C=O) groups is 1. The van der Waals surface area contributed by atoms with Gasteiger partial charge in [-0.1, -0.05) is 6.07 Å². The molecule has 0 bridgehead atoms. The second-order valence-electron chi connectivity index (χ2n) is 8.34. The van der Waals surface area contributed by atoms with Crippen LogP contribution in [0.4, 0.5) is 30.4 Å². The van der Waals surface area contributed by atoms with Crippen LogP contribution in [-0.4, -0.2) is 20.3 Å². The van der Waals surface area contributed by atoms with E-state index in [-0.39, 0.29) is 11.4 Å². The van der Waals surface area contributed by atoms with Gasteiger partial charge in [-0.2, -0.15) is 13.2 Å². The van der Waals surface area contributed by atoms with Crippen molar-refractivity contribution in [2.24, 2.45) is 0 Å². The summed E-state index contributed by atoms with van der Waals surface area (Å²) in [5, 5.41) is 5.81.